The largest absolute Gasteiger partial charge is 0.376 e. The van der Waals surface area contributed by atoms with E-state index >= 15 is 0 Å². The van der Waals surface area contributed by atoms with E-state index in [0.29, 0.717) is 18.2 Å². The number of hydrogen-bond donors (Lipinski definition) is 0. The van der Waals surface area contributed by atoms with Crippen molar-refractivity contribution in [2.75, 3.05) is 32.7 Å². The van der Waals surface area contributed by atoms with E-state index < -0.39 is 0 Å². The third kappa shape index (κ3) is 5.88. The summed E-state index contributed by atoms with van der Waals surface area (Å²) >= 11 is 0. The van der Waals surface area contributed by atoms with Crippen LogP contribution in [0.3, 0.4) is 0 Å². The quantitative estimate of drug-likeness (QED) is 0.747. The summed E-state index contributed by atoms with van der Waals surface area (Å²) in [5, 5.41) is 0. The van der Waals surface area contributed by atoms with Crippen LogP contribution in [0.4, 0.5) is 0 Å². The predicted octanol–water partition coefficient (Wildman–Crippen LogP) is 3.39. The number of hydrogen-bond acceptors (Lipinski definition) is 3. The van der Waals surface area contributed by atoms with E-state index in [1.54, 1.807) is 0 Å². The van der Waals surface area contributed by atoms with Gasteiger partial charge in [0.05, 0.1) is 12.2 Å². The topological polar surface area (TPSA) is 15.7 Å². The lowest BCUT2D eigenvalue weighted by Crippen LogP contribution is -2.49. The van der Waals surface area contributed by atoms with Gasteiger partial charge in [-0.05, 0) is 72.3 Å². The highest BCUT2D eigenvalue weighted by Gasteiger charge is 2.24. The summed E-state index contributed by atoms with van der Waals surface area (Å²) in [6.07, 6.45) is 7.65. The van der Waals surface area contributed by atoms with Gasteiger partial charge >= 0.3 is 0 Å². The van der Waals surface area contributed by atoms with Crippen molar-refractivity contribution in [2.24, 2.45) is 5.92 Å². The highest BCUT2D eigenvalue weighted by atomic mass is 16.5. The maximum absolute atomic E-state index is 5.95. The SMILES string of the molecule is CC(C)O[C@H]1CC[C@H](CCN2CCN(C(C)C)CC2)CC1. The van der Waals surface area contributed by atoms with Gasteiger partial charge in [0.1, 0.15) is 0 Å². The predicted molar refractivity (Wildman–Crippen MR) is 89.7 cm³/mol. The van der Waals surface area contributed by atoms with Gasteiger partial charge in [-0.3, -0.25) is 4.90 Å². The van der Waals surface area contributed by atoms with E-state index in [1.807, 2.05) is 0 Å². The van der Waals surface area contributed by atoms with Gasteiger partial charge in [-0.25, -0.2) is 0 Å². The van der Waals surface area contributed by atoms with Gasteiger partial charge in [0.25, 0.3) is 0 Å². The Morgan fingerprint density at radius 2 is 1.52 bits per heavy atom. The maximum Gasteiger partial charge on any atom is 0.0578 e. The summed E-state index contributed by atoms with van der Waals surface area (Å²) in [5.41, 5.74) is 0. The minimum atomic E-state index is 0.392. The standard InChI is InChI=1S/C18H36N2O/c1-15(2)20-13-11-19(12-14-20)10-9-17-5-7-18(8-6-17)21-16(3)4/h15-18H,5-14H2,1-4H3/t17-,18-. The zero-order chi connectivity index (χ0) is 15.2. The molecule has 0 unspecified atom stereocenters. The summed E-state index contributed by atoms with van der Waals surface area (Å²) < 4.78 is 5.95. The first kappa shape index (κ1) is 17.2. The van der Waals surface area contributed by atoms with Gasteiger partial charge in [-0.1, -0.05) is 0 Å². The van der Waals surface area contributed by atoms with Crippen molar-refractivity contribution in [1.29, 1.82) is 0 Å². The number of ether oxygens (including phenoxy) is 1. The van der Waals surface area contributed by atoms with Gasteiger partial charge in [0.15, 0.2) is 0 Å². The van der Waals surface area contributed by atoms with E-state index in [1.165, 1.54) is 64.8 Å². The average molecular weight is 296 g/mol. The smallest absolute Gasteiger partial charge is 0.0578 e. The highest BCUT2D eigenvalue weighted by Crippen LogP contribution is 2.29. The summed E-state index contributed by atoms with van der Waals surface area (Å²) in [5.74, 6) is 0.945. The molecular formula is C18H36N2O. The van der Waals surface area contributed by atoms with Crippen molar-refractivity contribution in [1.82, 2.24) is 9.80 Å². The molecule has 0 aromatic rings. The monoisotopic (exact) mass is 296 g/mol. The lowest BCUT2D eigenvalue weighted by molar-refractivity contribution is -0.0211. The zero-order valence-corrected chi connectivity index (χ0v) is 14.7. The molecule has 2 rings (SSSR count). The molecule has 21 heavy (non-hydrogen) atoms. The first-order chi connectivity index (χ1) is 10.0. The zero-order valence-electron chi connectivity index (χ0n) is 14.7. The molecule has 0 radical (unpaired) electrons. The van der Waals surface area contributed by atoms with Crippen molar-refractivity contribution in [3.63, 3.8) is 0 Å². The Morgan fingerprint density at radius 3 is 2.05 bits per heavy atom. The number of piperazine rings is 1. The molecule has 0 spiro atoms. The Bertz CT molecular complexity index is 277. The molecule has 0 bridgehead atoms. The molecule has 124 valence electrons. The molecule has 0 atom stereocenters. The summed E-state index contributed by atoms with van der Waals surface area (Å²) in [6.45, 7) is 15.3. The molecule has 0 N–H and O–H groups in total. The first-order valence-corrected chi connectivity index (χ1v) is 9.16. The van der Waals surface area contributed by atoms with Crippen LogP contribution in [0.5, 0.6) is 0 Å². The van der Waals surface area contributed by atoms with Crippen molar-refractivity contribution >= 4 is 0 Å². The Labute approximate surface area is 132 Å². The third-order valence-corrected chi connectivity index (χ3v) is 5.25. The molecule has 1 aliphatic carbocycles. The van der Waals surface area contributed by atoms with Gasteiger partial charge in [-0.15, -0.1) is 0 Å². The van der Waals surface area contributed by atoms with Crippen LogP contribution in [-0.4, -0.2) is 60.8 Å². The fourth-order valence-corrected chi connectivity index (χ4v) is 3.81. The second-order valence-electron chi connectivity index (χ2n) is 7.59. The molecule has 2 fully saturated rings. The van der Waals surface area contributed by atoms with Gasteiger partial charge < -0.3 is 9.64 Å². The van der Waals surface area contributed by atoms with E-state index in [4.69, 9.17) is 4.74 Å². The molecule has 1 heterocycles. The van der Waals surface area contributed by atoms with Crippen molar-refractivity contribution < 1.29 is 4.74 Å². The van der Waals surface area contributed by atoms with Crippen molar-refractivity contribution in [2.45, 2.75) is 78.0 Å². The molecule has 0 aromatic heterocycles. The minimum absolute atomic E-state index is 0.392. The molecule has 0 amide bonds. The van der Waals surface area contributed by atoms with E-state index in [0.717, 1.165) is 5.92 Å². The van der Waals surface area contributed by atoms with Crippen molar-refractivity contribution in [3.8, 4) is 0 Å². The average Bonchev–Trinajstić information content (AvgIpc) is 2.46. The summed E-state index contributed by atoms with van der Waals surface area (Å²) in [7, 11) is 0. The third-order valence-electron chi connectivity index (χ3n) is 5.25. The first-order valence-electron chi connectivity index (χ1n) is 9.16. The molecule has 3 heteroatoms. The molecule has 1 saturated carbocycles. The maximum atomic E-state index is 5.95. The Balaban J connectivity index is 1.58. The Hall–Kier alpha value is -0.120. The molecule has 1 saturated heterocycles. The summed E-state index contributed by atoms with van der Waals surface area (Å²) in [4.78, 5) is 5.28. The molecule has 0 aromatic carbocycles. The van der Waals surface area contributed by atoms with Crippen molar-refractivity contribution in [3.05, 3.63) is 0 Å². The van der Waals surface area contributed by atoms with E-state index in [9.17, 15) is 0 Å². The van der Waals surface area contributed by atoms with Crippen LogP contribution in [0.2, 0.25) is 0 Å². The van der Waals surface area contributed by atoms with Gasteiger partial charge in [0.2, 0.25) is 0 Å². The number of rotatable bonds is 6. The van der Waals surface area contributed by atoms with Crippen LogP contribution in [0, 0.1) is 5.92 Å². The Morgan fingerprint density at radius 1 is 0.905 bits per heavy atom. The second-order valence-corrected chi connectivity index (χ2v) is 7.59. The summed E-state index contributed by atoms with van der Waals surface area (Å²) in [6, 6.07) is 0.711. The van der Waals surface area contributed by atoms with Crippen LogP contribution in [-0.2, 0) is 4.74 Å². The molecule has 2 aliphatic rings. The minimum Gasteiger partial charge on any atom is -0.376 e. The second kappa shape index (κ2) is 8.50. The highest BCUT2D eigenvalue weighted by molar-refractivity contribution is 4.77. The Kier molecular flexibility index (Phi) is 6.97. The fraction of sp³-hybridized carbons (Fsp3) is 1.00. The van der Waals surface area contributed by atoms with E-state index in [2.05, 4.69) is 37.5 Å². The van der Waals surface area contributed by atoms with Crippen LogP contribution in [0.1, 0.15) is 59.8 Å². The lowest BCUT2D eigenvalue weighted by Gasteiger charge is -2.38. The fourth-order valence-electron chi connectivity index (χ4n) is 3.81. The number of nitrogens with zero attached hydrogens (tertiary/aromatic N) is 2. The van der Waals surface area contributed by atoms with Crippen LogP contribution in [0.25, 0.3) is 0 Å². The lowest BCUT2D eigenvalue weighted by atomic mass is 9.85. The van der Waals surface area contributed by atoms with Crippen LogP contribution < -0.4 is 0 Å². The molecule has 1 aliphatic heterocycles. The van der Waals surface area contributed by atoms with Crippen LogP contribution >= 0.6 is 0 Å². The van der Waals surface area contributed by atoms with E-state index in [-0.39, 0.29) is 0 Å². The normalized spacial score (nSPS) is 29.4. The van der Waals surface area contributed by atoms with Crippen LogP contribution in [0.15, 0.2) is 0 Å². The van der Waals surface area contributed by atoms with Gasteiger partial charge in [0, 0.05) is 32.2 Å². The molecule has 3 nitrogen and oxygen atoms in total. The molecular weight excluding hydrogens is 260 g/mol. The van der Waals surface area contributed by atoms with Gasteiger partial charge in [-0.2, -0.15) is 0 Å².